The first-order chi connectivity index (χ1) is 9.34. The second kappa shape index (κ2) is 5.80. The molecule has 0 radical (unpaired) electrons. The van der Waals surface area contributed by atoms with Gasteiger partial charge in [-0.05, 0) is 24.2 Å². The molecule has 2 aromatic rings. The standard InChI is InChI=1S/C15H19N3S/c16-15(12-5-2-1-3-6-12)14-9-17-11-18(14)10-13-7-4-8-19-13/h1-3,5-6,9,11,13,15H,4,7-8,10,16H2. The molecule has 0 saturated carbocycles. The fourth-order valence-electron chi connectivity index (χ4n) is 2.58. The fraction of sp³-hybridized carbons (Fsp3) is 0.400. The molecule has 1 aliphatic rings. The topological polar surface area (TPSA) is 43.8 Å². The summed E-state index contributed by atoms with van der Waals surface area (Å²) < 4.78 is 2.22. The van der Waals surface area contributed by atoms with Gasteiger partial charge in [-0.15, -0.1) is 0 Å². The van der Waals surface area contributed by atoms with E-state index in [9.17, 15) is 0 Å². The number of rotatable bonds is 4. The number of benzene rings is 1. The summed E-state index contributed by atoms with van der Waals surface area (Å²) in [7, 11) is 0. The Hall–Kier alpha value is -1.26. The molecule has 19 heavy (non-hydrogen) atoms. The molecule has 1 aromatic carbocycles. The van der Waals surface area contributed by atoms with Crippen LogP contribution in [-0.4, -0.2) is 20.6 Å². The highest BCUT2D eigenvalue weighted by molar-refractivity contribution is 8.00. The van der Waals surface area contributed by atoms with Gasteiger partial charge in [-0.25, -0.2) is 4.98 Å². The minimum atomic E-state index is -0.0879. The smallest absolute Gasteiger partial charge is 0.0949 e. The highest BCUT2D eigenvalue weighted by atomic mass is 32.2. The largest absolute Gasteiger partial charge is 0.332 e. The van der Waals surface area contributed by atoms with Gasteiger partial charge in [-0.1, -0.05) is 30.3 Å². The Labute approximate surface area is 118 Å². The molecule has 0 aliphatic carbocycles. The lowest BCUT2D eigenvalue weighted by molar-refractivity contribution is 0.601. The van der Waals surface area contributed by atoms with Crippen molar-refractivity contribution in [1.29, 1.82) is 0 Å². The molecular formula is C15H19N3S. The van der Waals surface area contributed by atoms with Gasteiger partial charge < -0.3 is 10.3 Å². The average molecular weight is 273 g/mol. The van der Waals surface area contributed by atoms with Crippen LogP contribution in [0.2, 0.25) is 0 Å². The molecular weight excluding hydrogens is 254 g/mol. The van der Waals surface area contributed by atoms with E-state index in [1.54, 1.807) is 0 Å². The van der Waals surface area contributed by atoms with E-state index in [2.05, 4.69) is 33.4 Å². The molecule has 1 aromatic heterocycles. The van der Waals surface area contributed by atoms with Gasteiger partial charge in [0.2, 0.25) is 0 Å². The summed E-state index contributed by atoms with van der Waals surface area (Å²) in [6.07, 6.45) is 6.46. The van der Waals surface area contributed by atoms with Crippen LogP contribution in [0.1, 0.15) is 30.1 Å². The van der Waals surface area contributed by atoms with Crippen LogP contribution in [0.25, 0.3) is 0 Å². The van der Waals surface area contributed by atoms with Crippen molar-refractivity contribution >= 4 is 11.8 Å². The fourth-order valence-corrected chi connectivity index (χ4v) is 3.85. The van der Waals surface area contributed by atoms with Crippen LogP contribution >= 0.6 is 11.8 Å². The molecule has 100 valence electrons. The summed E-state index contributed by atoms with van der Waals surface area (Å²) in [6, 6.07) is 10.1. The number of hydrogen-bond acceptors (Lipinski definition) is 3. The van der Waals surface area contributed by atoms with E-state index in [0.29, 0.717) is 0 Å². The molecule has 0 spiro atoms. The van der Waals surface area contributed by atoms with Gasteiger partial charge in [0.15, 0.2) is 0 Å². The van der Waals surface area contributed by atoms with Gasteiger partial charge in [0.25, 0.3) is 0 Å². The third-order valence-corrected chi connectivity index (χ3v) is 5.03. The van der Waals surface area contributed by atoms with Crippen molar-refractivity contribution in [1.82, 2.24) is 9.55 Å². The predicted molar refractivity (Wildman–Crippen MR) is 80.2 cm³/mol. The average Bonchev–Trinajstić information content (AvgIpc) is 3.11. The van der Waals surface area contributed by atoms with E-state index in [-0.39, 0.29) is 6.04 Å². The van der Waals surface area contributed by atoms with Crippen molar-refractivity contribution in [2.24, 2.45) is 5.73 Å². The monoisotopic (exact) mass is 273 g/mol. The maximum atomic E-state index is 6.37. The molecule has 2 heterocycles. The summed E-state index contributed by atoms with van der Waals surface area (Å²) in [5.41, 5.74) is 8.62. The lowest BCUT2D eigenvalue weighted by atomic mass is 10.1. The Bertz CT molecular complexity index is 517. The summed E-state index contributed by atoms with van der Waals surface area (Å²) in [5.74, 6) is 1.29. The van der Waals surface area contributed by atoms with E-state index in [1.807, 2.05) is 30.7 Å². The second-order valence-electron chi connectivity index (χ2n) is 4.99. The minimum absolute atomic E-state index is 0.0879. The van der Waals surface area contributed by atoms with Crippen molar-refractivity contribution < 1.29 is 0 Å². The molecule has 0 amide bonds. The van der Waals surface area contributed by atoms with Crippen LogP contribution in [0, 0.1) is 0 Å². The zero-order valence-electron chi connectivity index (χ0n) is 10.9. The van der Waals surface area contributed by atoms with Crippen LogP contribution in [-0.2, 0) is 6.54 Å². The van der Waals surface area contributed by atoms with Crippen LogP contribution in [0.4, 0.5) is 0 Å². The molecule has 3 nitrogen and oxygen atoms in total. The summed E-state index contributed by atoms with van der Waals surface area (Å²) in [6.45, 7) is 1.03. The van der Waals surface area contributed by atoms with Crippen molar-refractivity contribution in [2.75, 3.05) is 5.75 Å². The van der Waals surface area contributed by atoms with E-state index in [4.69, 9.17) is 5.73 Å². The normalized spacial score (nSPS) is 20.6. The lowest BCUT2D eigenvalue weighted by Gasteiger charge is -2.17. The Morgan fingerprint density at radius 1 is 1.37 bits per heavy atom. The quantitative estimate of drug-likeness (QED) is 0.931. The van der Waals surface area contributed by atoms with Crippen molar-refractivity contribution in [3.63, 3.8) is 0 Å². The summed E-state index contributed by atoms with van der Waals surface area (Å²) in [4.78, 5) is 4.28. The first kappa shape index (κ1) is 12.8. The Morgan fingerprint density at radius 2 is 2.21 bits per heavy atom. The molecule has 2 N–H and O–H groups in total. The minimum Gasteiger partial charge on any atom is -0.332 e. The third kappa shape index (κ3) is 2.85. The Morgan fingerprint density at radius 3 is 2.95 bits per heavy atom. The highest BCUT2D eigenvalue weighted by Gasteiger charge is 2.19. The van der Waals surface area contributed by atoms with E-state index in [1.165, 1.54) is 18.6 Å². The summed E-state index contributed by atoms with van der Waals surface area (Å²) >= 11 is 2.07. The maximum absolute atomic E-state index is 6.37. The predicted octanol–water partition coefficient (Wildman–Crippen LogP) is 2.83. The molecule has 1 fully saturated rings. The van der Waals surface area contributed by atoms with E-state index >= 15 is 0 Å². The van der Waals surface area contributed by atoms with Gasteiger partial charge in [0.05, 0.1) is 24.3 Å². The summed E-state index contributed by atoms with van der Waals surface area (Å²) in [5, 5.41) is 0.718. The van der Waals surface area contributed by atoms with Gasteiger partial charge in [0.1, 0.15) is 0 Å². The van der Waals surface area contributed by atoms with Gasteiger partial charge in [-0.3, -0.25) is 0 Å². The molecule has 2 unspecified atom stereocenters. The number of imidazole rings is 1. The molecule has 1 aliphatic heterocycles. The number of nitrogens with two attached hydrogens (primary N) is 1. The van der Waals surface area contributed by atoms with Crippen molar-refractivity contribution in [2.45, 2.75) is 30.7 Å². The van der Waals surface area contributed by atoms with Crippen LogP contribution in [0.5, 0.6) is 0 Å². The Kier molecular flexibility index (Phi) is 3.89. The zero-order valence-corrected chi connectivity index (χ0v) is 11.7. The van der Waals surface area contributed by atoms with Gasteiger partial charge in [0, 0.05) is 11.8 Å². The van der Waals surface area contributed by atoms with Crippen molar-refractivity contribution in [3.8, 4) is 0 Å². The van der Waals surface area contributed by atoms with Crippen LogP contribution in [0.15, 0.2) is 42.9 Å². The number of hydrogen-bond donors (Lipinski definition) is 1. The van der Waals surface area contributed by atoms with Gasteiger partial charge >= 0.3 is 0 Å². The van der Waals surface area contributed by atoms with E-state index in [0.717, 1.165) is 23.1 Å². The van der Waals surface area contributed by atoms with Crippen LogP contribution < -0.4 is 5.73 Å². The number of nitrogens with zero attached hydrogens (tertiary/aromatic N) is 2. The molecule has 3 rings (SSSR count). The highest BCUT2D eigenvalue weighted by Crippen LogP contribution is 2.28. The third-order valence-electron chi connectivity index (χ3n) is 3.65. The zero-order chi connectivity index (χ0) is 13.1. The molecule has 1 saturated heterocycles. The number of aromatic nitrogens is 2. The molecule has 4 heteroatoms. The van der Waals surface area contributed by atoms with Crippen LogP contribution in [0.3, 0.4) is 0 Å². The molecule has 0 bridgehead atoms. The second-order valence-corrected chi connectivity index (χ2v) is 6.40. The lowest BCUT2D eigenvalue weighted by Crippen LogP contribution is -2.19. The van der Waals surface area contributed by atoms with Gasteiger partial charge in [-0.2, -0.15) is 11.8 Å². The SMILES string of the molecule is NC(c1ccccc1)c1cncn1CC1CCCS1. The first-order valence-corrected chi connectivity index (χ1v) is 7.81. The first-order valence-electron chi connectivity index (χ1n) is 6.77. The number of thioether (sulfide) groups is 1. The van der Waals surface area contributed by atoms with Crippen molar-refractivity contribution in [3.05, 3.63) is 54.1 Å². The maximum Gasteiger partial charge on any atom is 0.0949 e. The van der Waals surface area contributed by atoms with E-state index < -0.39 is 0 Å². The Balaban J connectivity index is 1.79. The molecule has 2 atom stereocenters.